The normalized spacial score (nSPS) is 11.3. The summed E-state index contributed by atoms with van der Waals surface area (Å²) in [5.41, 5.74) is 5.81. The van der Waals surface area contributed by atoms with E-state index in [0.717, 1.165) is 11.3 Å². The Morgan fingerprint density at radius 3 is 2.71 bits per heavy atom. The molecule has 0 fully saturated rings. The number of hydrogen-bond acceptors (Lipinski definition) is 6. The van der Waals surface area contributed by atoms with E-state index in [9.17, 15) is 13.2 Å². The molecule has 9 heteroatoms. The molecule has 0 atom stereocenters. The number of amides is 1. The molecule has 112 valence electrons. The van der Waals surface area contributed by atoms with Gasteiger partial charge < -0.3 is 11.1 Å². The maximum absolute atomic E-state index is 12.1. The van der Waals surface area contributed by atoms with Crippen molar-refractivity contribution in [2.45, 2.75) is 11.8 Å². The van der Waals surface area contributed by atoms with E-state index in [2.05, 4.69) is 15.0 Å². The van der Waals surface area contributed by atoms with Gasteiger partial charge in [0.05, 0.1) is 5.69 Å². The van der Waals surface area contributed by atoms with Crippen LogP contribution in [0.5, 0.6) is 0 Å². The average Bonchev–Trinajstić information content (AvgIpc) is 2.86. The highest BCUT2D eigenvalue weighted by Crippen LogP contribution is 2.21. The SMILES string of the molecule is CCNS(=O)(=O)c1ccccc1NC(=O)c1csc(N)n1. The van der Waals surface area contributed by atoms with Crippen LogP contribution in [0.15, 0.2) is 34.5 Å². The zero-order valence-electron chi connectivity index (χ0n) is 11.2. The lowest BCUT2D eigenvalue weighted by Gasteiger charge is -2.11. The highest BCUT2D eigenvalue weighted by molar-refractivity contribution is 7.89. The molecular weight excluding hydrogens is 312 g/mol. The molecule has 1 aromatic heterocycles. The zero-order chi connectivity index (χ0) is 15.5. The molecule has 0 spiro atoms. The molecule has 0 unspecified atom stereocenters. The van der Waals surface area contributed by atoms with Gasteiger partial charge >= 0.3 is 0 Å². The number of rotatable bonds is 5. The number of nitrogens with two attached hydrogens (primary N) is 1. The number of carbonyl (C=O) groups excluding carboxylic acids is 1. The third kappa shape index (κ3) is 3.57. The first-order valence-corrected chi connectivity index (χ1v) is 8.41. The molecule has 2 aromatic rings. The number of benzene rings is 1. The highest BCUT2D eigenvalue weighted by Gasteiger charge is 2.19. The molecule has 1 amide bonds. The number of carbonyl (C=O) groups is 1. The number of nitrogens with zero attached hydrogens (tertiary/aromatic N) is 1. The molecule has 0 bridgehead atoms. The number of thiazole rings is 1. The number of hydrogen-bond donors (Lipinski definition) is 3. The van der Waals surface area contributed by atoms with Crippen LogP contribution < -0.4 is 15.8 Å². The summed E-state index contributed by atoms with van der Waals surface area (Å²) in [6.45, 7) is 1.93. The summed E-state index contributed by atoms with van der Waals surface area (Å²) in [5, 5.41) is 4.31. The van der Waals surface area contributed by atoms with E-state index in [1.54, 1.807) is 19.1 Å². The lowest BCUT2D eigenvalue weighted by molar-refractivity contribution is 0.102. The summed E-state index contributed by atoms with van der Waals surface area (Å²) in [6, 6.07) is 6.15. The topological polar surface area (TPSA) is 114 Å². The van der Waals surface area contributed by atoms with Gasteiger partial charge in [-0.3, -0.25) is 4.79 Å². The van der Waals surface area contributed by atoms with Crippen molar-refractivity contribution >= 4 is 38.1 Å². The molecule has 0 aliphatic carbocycles. The predicted molar refractivity (Wildman–Crippen MR) is 81.8 cm³/mol. The molecule has 4 N–H and O–H groups in total. The highest BCUT2D eigenvalue weighted by atomic mass is 32.2. The smallest absolute Gasteiger partial charge is 0.275 e. The Morgan fingerprint density at radius 2 is 2.10 bits per heavy atom. The Bertz CT molecular complexity index is 755. The number of nitrogens with one attached hydrogen (secondary N) is 2. The number of aromatic nitrogens is 1. The fourth-order valence-corrected chi connectivity index (χ4v) is 3.40. The van der Waals surface area contributed by atoms with Crippen LogP contribution in [-0.2, 0) is 10.0 Å². The Morgan fingerprint density at radius 1 is 1.38 bits per heavy atom. The monoisotopic (exact) mass is 326 g/mol. The second-order valence-electron chi connectivity index (χ2n) is 4.02. The molecule has 0 radical (unpaired) electrons. The Labute approximate surface area is 126 Å². The van der Waals surface area contributed by atoms with Gasteiger partial charge in [-0.2, -0.15) is 0 Å². The van der Waals surface area contributed by atoms with Gasteiger partial charge in [-0.15, -0.1) is 11.3 Å². The van der Waals surface area contributed by atoms with E-state index in [1.807, 2.05) is 0 Å². The minimum absolute atomic E-state index is 0.00315. The number of sulfonamides is 1. The summed E-state index contributed by atoms with van der Waals surface area (Å²) in [7, 11) is -3.67. The fraction of sp³-hybridized carbons (Fsp3) is 0.167. The van der Waals surface area contributed by atoms with Crippen LogP contribution in [0.3, 0.4) is 0 Å². The van der Waals surface area contributed by atoms with E-state index in [-0.39, 0.29) is 28.0 Å². The fourth-order valence-electron chi connectivity index (χ4n) is 1.65. The maximum Gasteiger partial charge on any atom is 0.275 e. The van der Waals surface area contributed by atoms with E-state index in [1.165, 1.54) is 17.5 Å². The second kappa shape index (κ2) is 6.20. The van der Waals surface area contributed by atoms with Crippen LogP contribution in [0.1, 0.15) is 17.4 Å². The molecule has 2 rings (SSSR count). The molecule has 7 nitrogen and oxygen atoms in total. The molecule has 21 heavy (non-hydrogen) atoms. The molecular formula is C12H14N4O3S2. The van der Waals surface area contributed by atoms with Gasteiger partial charge in [-0.05, 0) is 12.1 Å². The first-order valence-electron chi connectivity index (χ1n) is 6.05. The summed E-state index contributed by atoms with van der Waals surface area (Å²) < 4.78 is 26.5. The second-order valence-corrected chi connectivity index (χ2v) is 6.65. The molecule has 0 aliphatic heterocycles. The quantitative estimate of drug-likeness (QED) is 0.765. The van der Waals surface area contributed by atoms with Gasteiger partial charge in [0.1, 0.15) is 10.6 Å². The van der Waals surface area contributed by atoms with Crippen LogP contribution >= 0.6 is 11.3 Å². The first-order chi connectivity index (χ1) is 9.94. The lowest BCUT2D eigenvalue weighted by atomic mass is 10.3. The average molecular weight is 326 g/mol. The van der Waals surface area contributed by atoms with Crippen LogP contribution in [-0.4, -0.2) is 25.9 Å². The van der Waals surface area contributed by atoms with Crippen LogP contribution in [0.2, 0.25) is 0 Å². The minimum Gasteiger partial charge on any atom is -0.375 e. The van der Waals surface area contributed by atoms with Crippen LogP contribution in [0.4, 0.5) is 10.8 Å². The van der Waals surface area contributed by atoms with Gasteiger partial charge in [0.2, 0.25) is 10.0 Å². The summed E-state index contributed by atoms with van der Waals surface area (Å²) in [5.74, 6) is -0.512. The standard InChI is InChI=1S/C12H14N4O3S2/c1-2-14-21(18,19)10-6-4-3-5-8(10)15-11(17)9-7-20-12(13)16-9/h3-7,14H,2H2,1H3,(H2,13,16)(H,15,17). The summed E-state index contributed by atoms with van der Waals surface area (Å²) in [4.78, 5) is 15.9. The van der Waals surface area contributed by atoms with Gasteiger partial charge in [0.15, 0.2) is 5.13 Å². The minimum atomic E-state index is -3.67. The van der Waals surface area contributed by atoms with E-state index in [4.69, 9.17) is 5.73 Å². The third-order valence-electron chi connectivity index (χ3n) is 2.51. The van der Waals surface area contributed by atoms with Crippen molar-refractivity contribution in [2.75, 3.05) is 17.6 Å². The first kappa shape index (κ1) is 15.4. The number of para-hydroxylation sites is 1. The number of anilines is 2. The van der Waals surface area contributed by atoms with E-state index >= 15 is 0 Å². The molecule has 0 aliphatic rings. The van der Waals surface area contributed by atoms with Crippen molar-refractivity contribution in [1.29, 1.82) is 0 Å². The summed E-state index contributed by atoms with van der Waals surface area (Å²) in [6.07, 6.45) is 0. The predicted octanol–water partition coefficient (Wildman–Crippen LogP) is 1.28. The lowest BCUT2D eigenvalue weighted by Crippen LogP contribution is -2.25. The van der Waals surface area contributed by atoms with Crippen LogP contribution in [0, 0.1) is 0 Å². The van der Waals surface area contributed by atoms with Crippen molar-refractivity contribution < 1.29 is 13.2 Å². The molecule has 0 saturated carbocycles. The Kier molecular flexibility index (Phi) is 4.56. The van der Waals surface area contributed by atoms with Gasteiger partial charge in [-0.25, -0.2) is 18.1 Å². The van der Waals surface area contributed by atoms with Gasteiger partial charge in [-0.1, -0.05) is 19.1 Å². The Hall–Kier alpha value is -1.97. The Balaban J connectivity index is 2.31. The number of nitrogen functional groups attached to an aromatic ring is 1. The summed E-state index contributed by atoms with van der Waals surface area (Å²) >= 11 is 1.14. The largest absolute Gasteiger partial charge is 0.375 e. The molecule has 1 heterocycles. The van der Waals surface area contributed by atoms with Gasteiger partial charge in [0.25, 0.3) is 5.91 Å². The van der Waals surface area contributed by atoms with E-state index < -0.39 is 15.9 Å². The van der Waals surface area contributed by atoms with Gasteiger partial charge in [0, 0.05) is 11.9 Å². The van der Waals surface area contributed by atoms with Crippen molar-refractivity contribution in [3.05, 3.63) is 35.3 Å². The van der Waals surface area contributed by atoms with Crippen molar-refractivity contribution in [3.8, 4) is 0 Å². The molecule has 1 aromatic carbocycles. The maximum atomic E-state index is 12.1. The molecule has 0 saturated heterocycles. The van der Waals surface area contributed by atoms with Crippen LogP contribution in [0.25, 0.3) is 0 Å². The van der Waals surface area contributed by atoms with Crippen molar-refractivity contribution in [3.63, 3.8) is 0 Å². The third-order valence-corrected chi connectivity index (χ3v) is 4.79. The van der Waals surface area contributed by atoms with Crippen molar-refractivity contribution in [2.24, 2.45) is 0 Å². The zero-order valence-corrected chi connectivity index (χ0v) is 12.8. The van der Waals surface area contributed by atoms with E-state index in [0.29, 0.717) is 0 Å². The van der Waals surface area contributed by atoms with Crippen molar-refractivity contribution in [1.82, 2.24) is 9.71 Å².